The van der Waals surface area contributed by atoms with E-state index in [0.717, 1.165) is 5.56 Å². The summed E-state index contributed by atoms with van der Waals surface area (Å²) < 4.78 is 18.2. The molecule has 1 aromatic carbocycles. The molecule has 1 saturated heterocycles. The summed E-state index contributed by atoms with van der Waals surface area (Å²) in [6.07, 6.45) is 3.83. The average Bonchev–Trinajstić information content (AvgIpc) is 3.91. The van der Waals surface area contributed by atoms with Gasteiger partial charge in [-0.1, -0.05) is 62.8 Å². The maximum absolute atomic E-state index is 14.3. The first-order chi connectivity index (χ1) is 27.8. The number of carbonyl (C=O) groups excluding carboxylic acids is 6. The first kappa shape index (κ1) is 46.6. The molecule has 3 aliphatic heterocycles. The third kappa shape index (κ3) is 12.5. The molecule has 3 aliphatic rings. The summed E-state index contributed by atoms with van der Waals surface area (Å²) in [5, 5.41) is 14.1. The van der Waals surface area contributed by atoms with Crippen molar-refractivity contribution in [3.05, 3.63) is 61.2 Å². The van der Waals surface area contributed by atoms with Gasteiger partial charge in [0.1, 0.15) is 42.9 Å². The van der Waals surface area contributed by atoms with Crippen molar-refractivity contribution in [3.63, 3.8) is 0 Å². The summed E-state index contributed by atoms with van der Waals surface area (Å²) >= 11 is 0. The Kier molecular flexibility index (Phi) is 16.0. The Hall–Kier alpha value is -5.09. The standard InChI is InChI=1S/C43H63N7O9/c1-11-25(4)33-38(54)44-26(5)41(56)50-21-17-20-32(50)37(53)45-29(22-28-18-15-14-16-19-28)40-47-30(23-57-40)35(51)49-34(27(6)59-43(9,10)13-3)39(55)46-31(36(52)48-33)24-58-42(7,8)12-2/h12-16,18-19,25-27,29-34H,2-3,11,17,20-24H2,1,4-10H3,(H,44,54)(H,45,53)(H,46,55)(H,48,52)(H,49,51)/t25-,26-,27+,29-,30-,31-,32-,33-,34-/m0/s1. The van der Waals surface area contributed by atoms with Gasteiger partial charge in [-0.25, -0.2) is 4.99 Å². The number of hydrogen-bond donors (Lipinski definition) is 5. The van der Waals surface area contributed by atoms with Gasteiger partial charge in [-0.15, -0.1) is 13.2 Å². The minimum absolute atomic E-state index is 0.109. The second-order valence-electron chi connectivity index (χ2n) is 16.6. The van der Waals surface area contributed by atoms with Crippen molar-refractivity contribution < 1.29 is 43.0 Å². The number of hydrogen-bond acceptors (Lipinski definition) is 10. The van der Waals surface area contributed by atoms with Crippen molar-refractivity contribution in [2.75, 3.05) is 19.8 Å². The highest BCUT2D eigenvalue weighted by atomic mass is 16.5. The predicted octanol–water partition coefficient (Wildman–Crippen LogP) is 1.87. The lowest BCUT2D eigenvalue weighted by atomic mass is 9.97. The normalized spacial score (nSPS) is 27.6. The Bertz CT molecular complexity index is 1750. The Morgan fingerprint density at radius 2 is 1.47 bits per heavy atom. The van der Waals surface area contributed by atoms with Gasteiger partial charge in [0, 0.05) is 13.0 Å². The number of fused-ring (bicyclic) bond motifs is 2. The van der Waals surface area contributed by atoms with Crippen LogP contribution in [0.1, 0.15) is 80.2 Å². The number of nitrogens with zero attached hydrogens (tertiary/aromatic N) is 2. The average molecular weight is 822 g/mol. The largest absolute Gasteiger partial charge is 0.477 e. The Balaban J connectivity index is 1.79. The van der Waals surface area contributed by atoms with Crippen molar-refractivity contribution in [2.24, 2.45) is 10.9 Å². The Morgan fingerprint density at radius 3 is 2.12 bits per heavy atom. The summed E-state index contributed by atoms with van der Waals surface area (Å²) in [6, 6.07) is 1.68. The molecule has 16 nitrogen and oxygen atoms in total. The topological polar surface area (TPSA) is 206 Å². The van der Waals surface area contributed by atoms with Crippen molar-refractivity contribution in [1.82, 2.24) is 31.5 Å². The number of amides is 6. The minimum atomic E-state index is -1.37. The van der Waals surface area contributed by atoms with Gasteiger partial charge in [0.2, 0.25) is 41.3 Å². The molecule has 0 aromatic heterocycles. The van der Waals surface area contributed by atoms with Gasteiger partial charge >= 0.3 is 0 Å². The van der Waals surface area contributed by atoms with Crippen LogP contribution in [-0.2, 0) is 49.4 Å². The van der Waals surface area contributed by atoms with E-state index >= 15 is 0 Å². The first-order valence-electron chi connectivity index (χ1n) is 20.4. The summed E-state index contributed by atoms with van der Waals surface area (Å²) in [5.74, 6) is -4.01. The zero-order valence-corrected chi connectivity index (χ0v) is 35.7. The van der Waals surface area contributed by atoms with Gasteiger partial charge < -0.3 is 45.7 Å². The molecular formula is C43H63N7O9. The van der Waals surface area contributed by atoms with Gasteiger partial charge in [-0.3, -0.25) is 28.8 Å². The van der Waals surface area contributed by atoms with E-state index < -0.39 is 101 Å². The van der Waals surface area contributed by atoms with E-state index in [2.05, 4.69) is 44.7 Å². The Labute approximate surface area is 347 Å². The molecule has 0 spiro atoms. The predicted molar refractivity (Wildman–Crippen MR) is 222 cm³/mol. The van der Waals surface area contributed by atoms with E-state index in [0.29, 0.717) is 25.8 Å². The molecule has 0 saturated carbocycles. The van der Waals surface area contributed by atoms with Crippen LogP contribution in [0, 0.1) is 5.92 Å². The number of benzene rings is 1. The van der Waals surface area contributed by atoms with Crippen molar-refractivity contribution >= 4 is 41.3 Å². The summed E-state index contributed by atoms with van der Waals surface area (Å²) in [6.45, 7) is 21.1. The van der Waals surface area contributed by atoms with Gasteiger partial charge in [0.15, 0.2) is 6.04 Å². The van der Waals surface area contributed by atoms with Gasteiger partial charge in [-0.2, -0.15) is 0 Å². The molecule has 1 fully saturated rings. The third-order valence-electron chi connectivity index (χ3n) is 11.0. The molecular weight excluding hydrogens is 759 g/mol. The highest BCUT2D eigenvalue weighted by Crippen LogP contribution is 2.22. The second kappa shape index (κ2) is 20.2. The van der Waals surface area contributed by atoms with Crippen LogP contribution in [0.25, 0.3) is 0 Å². The highest BCUT2D eigenvalue weighted by Gasteiger charge is 2.42. The van der Waals surface area contributed by atoms with Gasteiger partial charge in [0.25, 0.3) is 0 Å². The van der Waals surface area contributed by atoms with E-state index in [1.165, 1.54) is 11.8 Å². The molecule has 0 aliphatic carbocycles. The van der Waals surface area contributed by atoms with Crippen LogP contribution in [0.4, 0.5) is 0 Å². The van der Waals surface area contributed by atoms with Crippen molar-refractivity contribution in [3.8, 4) is 0 Å². The Morgan fingerprint density at radius 1 is 0.847 bits per heavy atom. The maximum Gasteiger partial charge on any atom is 0.249 e. The molecule has 3 heterocycles. The first-order valence-corrected chi connectivity index (χ1v) is 20.4. The molecule has 5 N–H and O–H groups in total. The second-order valence-corrected chi connectivity index (χ2v) is 16.6. The van der Waals surface area contributed by atoms with Crippen LogP contribution in [0.15, 0.2) is 60.6 Å². The van der Waals surface area contributed by atoms with Crippen molar-refractivity contribution in [2.45, 2.75) is 141 Å². The number of aliphatic imine (C=N–C) groups is 1. The third-order valence-corrected chi connectivity index (χ3v) is 11.0. The maximum atomic E-state index is 14.3. The van der Waals surface area contributed by atoms with E-state index in [-0.39, 0.29) is 25.5 Å². The van der Waals surface area contributed by atoms with Crippen LogP contribution in [0.3, 0.4) is 0 Å². The zero-order valence-electron chi connectivity index (χ0n) is 35.7. The number of nitrogens with one attached hydrogen (secondary N) is 5. The monoisotopic (exact) mass is 821 g/mol. The molecule has 9 atom stereocenters. The fourth-order valence-corrected chi connectivity index (χ4v) is 6.95. The van der Waals surface area contributed by atoms with Gasteiger partial charge in [-0.05, 0) is 65.9 Å². The fraction of sp³-hybridized carbons (Fsp3) is 0.605. The van der Waals surface area contributed by atoms with E-state index in [4.69, 9.17) is 14.2 Å². The molecule has 2 bridgehead atoms. The van der Waals surface area contributed by atoms with Gasteiger partial charge in [0.05, 0.1) is 23.9 Å². The summed E-state index contributed by atoms with van der Waals surface area (Å²) in [4.78, 5) is 90.5. The summed E-state index contributed by atoms with van der Waals surface area (Å²) in [5.41, 5.74) is -0.969. The number of rotatable bonds is 12. The van der Waals surface area contributed by atoms with Crippen LogP contribution in [0.5, 0.6) is 0 Å². The molecule has 0 unspecified atom stereocenters. The number of carbonyl (C=O) groups is 6. The van der Waals surface area contributed by atoms with E-state index in [1.807, 2.05) is 37.3 Å². The van der Waals surface area contributed by atoms with E-state index in [1.54, 1.807) is 53.7 Å². The van der Waals surface area contributed by atoms with Crippen LogP contribution in [-0.4, -0.2) is 126 Å². The smallest absolute Gasteiger partial charge is 0.249 e. The lowest BCUT2D eigenvalue weighted by molar-refractivity contribution is -0.142. The quantitative estimate of drug-likeness (QED) is 0.195. The molecule has 59 heavy (non-hydrogen) atoms. The SMILES string of the molecule is C=CC(C)(C)OC[C@@H]1NC(=O)[C@H]([C@@H](C)OC(C)(C)C=C)NC(=O)[C@@H]2COC(=N2)[C@H](Cc2ccccc2)NC(=O)[C@@H]2CCCN2C(=O)[C@H](C)NC(=O)[C@H]([C@@H](C)CC)NC1=O. The molecule has 1 aromatic rings. The van der Waals surface area contributed by atoms with Crippen LogP contribution in [0.2, 0.25) is 0 Å². The van der Waals surface area contributed by atoms with Crippen LogP contribution < -0.4 is 26.6 Å². The zero-order chi connectivity index (χ0) is 43.7. The highest BCUT2D eigenvalue weighted by molar-refractivity contribution is 5.99. The van der Waals surface area contributed by atoms with Crippen molar-refractivity contribution in [1.29, 1.82) is 0 Å². The summed E-state index contributed by atoms with van der Waals surface area (Å²) in [7, 11) is 0. The molecule has 16 heteroatoms. The molecule has 6 amide bonds. The lowest BCUT2D eigenvalue weighted by Crippen LogP contribution is -2.62. The van der Waals surface area contributed by atoms with Crippen LogP contribution >= 0.6 is 0 Å². The minimum Gasteiger partial charge on any atom is -0.477 e. The molecule has 4 rings (SSSR count). The number of ether oxygens (including phenoxy) is 3. The lowest BCUT2D eigenvalue weighted by Gasteiger charge is -2.33. The molecule has 324 valence electrons. The fourth-order valence-electron chi connectivity index (χ4n) is 6.95. The molecule has 0 radical (unpaired) electrons. The van der Waals surface area contributed by atoms with E-state index in [9.17, 15) is 28.8 Å².